The van der Waals surface area contributed by atoms with Crippen molar-refractivity contribution in [3.05, 3.63) is 58.6 Å². The third kappa shape index (κ3) is 7.46. The number of rotatable bonds is 6. The predicted octanol–water partition coefficient (Wildman–Crippen LogP) is 5.68. The molecule has 3 aromatic rings. The van der Waals surface area contributed by atoms with Crippen molar-refractivity contribution < 1.29 is 37.0 Å². The van der Waals surface area contributed by atoms with Crippen LogP contribution >= 0.6 is 11.3 Å². The molecule has 2 amide bonds. The van der Waals surface area contributed by atoms with Crippen LogP contribution in [-0.4, -0.2) is 69.9 Å². The van der Waals surface area contributed by atoms with E-state index in [1.54, 1.807) is 30.2 Å². The Bertz CT molecular complexity index is 1490. The minimum absolute atomic E-state index is 0.113. The number of benzene rings is 1. The Morgan fingerprint density at radius 2 is 1.70 bits per heavy atom. The highest BCUT2D eigenvalue weighted by Gasteiger charge is 2.44. The summed E-state index contributed by atoms with van der Waals surface area (Å²) in [5.74, 6) is -1.48. The average molecular weight is 634 g/mol. The normalized spacial score (nSPS) is 21.0. The van der Waals surface area contributed by atoms with E-state index in [9.17, 15) is 22.8 Å². The van der Waals surface area contributed by atoms with Gasteiger partial charge in [0.05, 0.1) is 19.3 Å². The zero-order valence-electron chi connectivity index (χ0n) is 25.0. The number of halogens is 3. The molecule has 2 fully saturated rings. The monoisotopic (exact) mass is 633 g/mol. The highest BCUT2D eigenvalue weighted by molar-refractivity contribution is 7.14. The maximum atomic E-state index is 13.4. The van der Waals surface area contributed by atoms with Crippen molar-refractivity contribution in [3.8, 4) is 16.3 Å². The van der Waals surface area contributed by atoms with Crippen molar-refractivity contribution >= 4 is 23.3 Å². The third-order valence-electron chi connectivity index (χ3n) is 7.24. The molecule has 0 aliphatic carbocycles. The molecule has 44 heavy (non-hydrogen) atoms. The summed E-state index contributed by atoms with van der Waals surface area (Å²) in [7, 11) is 0. The first kappa shape index (κ1) is 31.6. The van der Waals surface area contributed by atoms with E-state index in [1.807, 2.05) is 33.8 Å². The van der Waals surface area contributed by atoms with Gasteiger partial charge in [-0.2, -0.15) is 13.2 Å². The van der Waals surface area contributed by atoms with Crippen molar-refractivity contribution in [2.45, 2.75) is 58.5 Å². The number of alkyl halides is 3. The van der Waals surface area contributed by atoms with Crippen LogP contribution in [0.3, 0.4) is 0 Å². The molecular weight excluding hydrogens is 599 g/mol. The summed E-state index contributed by atoms with van der Waals surface area (Å²) in [6.07, 6.45) is -1.46. The maximum absolute atomic E-state index is 13.4. The van der Waals surface area contributed by atoms with Crippen LogP contribution in [0, 0.1) is 18.8 Å². The van der Waals surface area contributed by atoms with Crippen LogP contribution < -0.4 is 10.1 Å². The molecule has 2 aliphatic rings. The van der Waals surface area contributed by atoms with Crippen molar-refractivity contribution in [2.75, 3.05) is 26.3 Å². The second-order valence-corrected chi connectivity index (χ2v) is 13.3. The summed E-state index contributed by atoms with van der Waals surface area (Å²) in [5, 5.41) is 3.51. The van der Waals surface area contributed by atoms with Gasteiger partial charge < -0.3 is 24.4 Å². The number of carbonyl (C=O) groups excluding carboxylic acids is 2. The molecule has 0 saturated carbocycles. The number of carbonyl (C=O) groups is 2. The van der Waals surface area contributed by atoms with Crippen LogP contribution in [0.4, 0.5) is 18.0 Å². The Hall–Kier alpha value is -3.78. The fourth-order valence-electron chi connectivity index (χ4n) is 5.21. The molecule has 14 heteroatoms. The van der Waals surface area contributed by atoms with Gasteiger partial charge in [-0.15, -0.1) is 11.3 Å². The van der Waals surface area contributed by atoms with Gasteiger partial charge in [-0.3, -0.25) is 4.79 Å². The lowest BCUT2D eigenvalue weighted by Crippen LogP contribution is -2.59. The van der Waals surface area contributed by atoms with Gasteiger partial charge in [-0.25, -0.2) is 19.7 Å². The molecule has 3 atom stereocenters. The number of thiazole rings is 1. The van der Waals surface area contributed by atoms with E-state index < -0.39 is 29.6 Å². The minimum atomic E-state index is -4.66. The number of amides is 2. The highest BCUT2D eigenvalue weighted by atomic mass is 32.1. The lowest BCUT2D eigenvalue weighted by molar-refractivity contribution is -0.145. The zero-order valence-corrected chi connectivity index (χ0v) is 25.8. The lowest BCUT2D eigenvalue weighted by Gasteiger charge is -2.46. The average Bonchev–Trinajstić information content (AvgIpc) is 3.37. The Balaban J connectivity index is 1.37. The molecule has 0 radical (unpaired) electrons. The van der Waals surface area contributed by atoms with Crippen LogP contribution in [0.15, 0.2) is 36.8 Å². The second-order valence-electron chi connectivity index (χ2n) is 12.1. The summed E-state index contributed by atoms with van der Waals surface area (Å²) in [6, 6.07) is 4.49. The van der Waals surface area contributed by atoms with E-state index in [-0.39, 0.29) is 29.6 Å². The number of nitrogens with one attached hydrogen (secondary N) is 1. The standard InChI is InChI=1S/C30H34F3N5O5S/c1-16-9-34-26(44-16)19-6-18(25(39)37-17(2)20-10-35-27(36-11-20)30(31,32)33)7-23(8-19)42-24-21-12-38(13-22(24)15-41-14-21)28(40)43-29(3,4)5/h6-11,17,21-22,24H,12-15H2,1-5H3,(H,37,39). The van der Waals surface area contributed by atoms with Crippen LogP contribution in [0.5, 0.6) is 5.75 Å². The van der Waals surface area contributed by atoms with Crippen molar-refractivity contribution in [1.82, 2.24) is 25.2 Å². The second kappa shape index (κ2) is 12.3. The number of aryl methyl sites for hydroxylation is 1. The molecule has 2 aromatic heterocycles. The molecule has 2 bridgehead atoms. The summed E-state index contributed by atoms with van der Waals surface area (Å²) in [5.41, 5.74) is 0.680. The van der Waals surface area contributed by atoms with Crippen LogP contribution in [0.25, 0.3) is 10.6 Å². The Kier molecular flexibility index (Phi) is 8.85. The molecule has 3 unspecified atom stereocenters. The predicted molar refractivity (Wildman–Crippen MR) is 155 cm³/mol. The SMILES string of the molecule is Cc1cnc(-c2cc(OC3C4COCC3CN(C(=O)OC(C)(C)C)C4)cc(C(=O)NC(C)c3cnc(C(F)(F)F)nc3)c2)s1. The Labute approximate surface area is 257 Å². The summed E-state index contributed by atoms with van der Waals surface area (Å²) in [4.78, 5) is 40.2. The quantitative estimate of drug-likeness (QED) is 0.369. The number of hydrogen-bond donors (Lipinski definition) is 1. The molecule has 5 rings (SSSR count). The zero-order chi connectivity index (χ0) is 31.8. The van der Waals surface area contributed by atoms with Gasteiger partial charge in [0.15, 0.2) is 0 Å². The van der Waals surface area contributed by atoms with Crippen LogP contribution in [0.2, 0.25) is 0 Å². The van der Waals surface area contributed by atoms with E-state index in [0.717, 1.165) is 17.3 Å². The van der Waals surface area contributed by atoms with Gasteiger partial charge >= 0.3 is 12.3 Å². The van der Waals surface area contributed by atoms with Crippen LogP contribution in [0.1, 0.15) is 60.4 Å². The first-order valence-electron chi connectivity index (χ1n) is 14.2. The van der Waals surface area contributed by atoms with E-state index >= 15 is 0 Å². The lowest BCUT2D eigenvalue weighted by atomic mass is 9.84. The molecule has 2 saturated heterocycles. The van der Waals surface area contributed by atoms with Crippen molar-refractivity contribution in [3.63, 3.8) is 0 Å². The van der Waals surface area contributed by atoms with Gasteiger partial charge in [0.1, 0.15) is 22.5 Å². The number of fused-ring (bicyclic) bond motifs is 2. The number of hydrogen-bond acceptors (Lipinski definition) is 9. The third-order valence-corrected chi connectivity index (χ3v) is 8.20. The van der Waals surface area contributed by atoms with E-state index in [1.165, 1.54) is 11.3 Å². The molecule has 1 N–H and O–H groups in total. The summed E-state index contributed by atoms with van der Waals surface area (Å²) < 4.78 is 56.6. The number of nitrogens with zero attached hydrogens (tertiary/aromatic N) is 4. The minimum Gasteiger partial charge on any atom is -0.489 e. The van der Waals surface area contributed by atoms with Gasteiger partial charge in [-0.1, -0.05) is 0 Å². The highest BCUT2D eigenvalue weighted by Crippen LogP contribution is 2.35. The molecule has 10 nitrogen and oxygen atoms in total. The molecule has 4 heterocycles. The fourth-order valence-corrected chi connectivity index (χ4v) is 5.96. The number of aromatic nitrogens is 3. The van der Waals surface area contributed by atoms with Gasteiger partial charge in [0, 0.05) is 65.1 Å². The molecular formula is C30H34F3N5O5S. The van der Waals surface area contributed by atoms with Gasteiger partial charge in [0.25, 0.3) is 5.91 Å². The van der Waals surface area contributed by atoms with Crippen molar-refractivity contribution in [1.29, 1.82) is 0 Å². The van der Waals surface area contributed by atoms with E-state index in [2.05, 4.69) is 20.3 Å². The Morgan fingerprint density at radius 3 is 2.27 bits per heavy atom. The van der Waals surface area contributed by atoms with Gasteiger partial charge in [-0.05, 0) is 52.8 Å². The maximum Gasteiger partial charge on any atom is 0.451 e. The first-order chi connectivity index (χ1) is 20.7. The summed E-state index contributed by atoms with van der Waals surface area (Å²) in [6.45, 7) is 10.7. The molecule has 0 spiro atoms. The molecule has 1 aromatic carbocycles. The smallest absolute Gasteiger partial charge is 0.451 e. The fraction of sp³-hybridized carbons (Fsp3) is 0.500. The topological polar surface area (TPSA) is 116 Å². The van der Waals surface area contributed by atoms with E-state index in [0.29, 0.717) is 48.2 Å². The largest absolute Gasteiger partial charge is 0.489 e. The van der Waals surface area contributed by atoms with Crippen LogP contribution in [-0.2, 0) is 15.7 Å². The Morgan fingerprint density at radius 1 is 1.05 bits per heavy atom. The van der Waals surface area contributed by atoms with Gasteiger partial charge in [0.2, 0.25) is 5.82 Å². The summed E-state index contributed by atoms with van der Waals surface area (Å²) >= 11 is 1.47. The molecule has 2 aliphatic heterocycles. The first-order valence-corrected chi connectivity index (χ1v) is 15.0. The number of piperidine rings is 1. The van der Waals surface area contributed by atoms with E-state index in [4.69, 9.17) is 14.2 Å². The number of likely N-dealkylation sites (tertiary alicyclic amines) is 1. The number of ether oxygens (including phenoxy) is 3. The van der Waals surface area contributed by atoms with Crippen molar-refractivity contribution in [2.24, 2.45) is 11.8 Å². The molecule has 236 valence electrons.